The largest absolute Gasteiger partial charge is 0.480 e. The molecule has 1 aliphatic carbocycles. The highest BCUT2D eigenvalue weighted by Crippen LogP contribution is 2.57. The highest BCUT2D eigenvalue weighted by Gasteiger charge is 2.64. The van der Waals surface area contributed by atoms with Crippen molar-refractivity contribution in [2.75, 3.05) is 18.4 Å². The van der Waals surface area contributed by atoms with Gasteiger partial charge < -0.3 is 15.3 Å². The molecule has 8 nitrogen and oxygen atoms in total. The first-order valence-electron chi connectivity index (χ1n) is 11.8. The number of carboxylic acid groups (broad SMARTS) is 1. The molecule has 4 aliphatic rings. The van der Waals surface area contributed by atoms with Crippen molar-refractivity contribution in [1.29, 1.82) is 0 Å². The quantitative estimate of drug-likeness (QED) is 0.559. The number of aliphatic carboxylic acids is 1. The number of piperidine rings is 1. The highest BCUT2D eigenvalue weighted by atomic mass is 35.5. The lowest BCUT2D eigenvalue weighted by Gasteiger charge is -2.56. The second-order valence-corrected chi connectivity index (χ2v) is 10.5. The number of hydrogen-bond donors (Lipinski definition) is 2. The molecule has 1 aromatic carbocycles. The van der Waals surface area contributed by atoms with Crippen molar-refractivity contribution in [1.82, 2.24) is 9.91 Å². The van der Waals surface area contributed by atoms with Crippen molar-refractivity contribution in [3.8, 4) is 0 Å². The second-order valence-electron chi connectivity index (χ2n) is 9.59. The van der Waals surface area contributed by atoms with Crippen molar-refractivity contribution in [3.05, 3.63) is 64.2 Å². The molecule has 10 heteroatoms. The number of carbonyl (C=O) groups excluding carboxylic acids is 2. The molecule has 1 aromatic rings. The van der Waals surface area contributed by atoms with Gasteiger partial charge in [-0.2, -0.15) is 5.10 Å². The molecule has 0 saturated carbocycles. The van der Waals surface area contributed by atoms with Gasteiger partial charge in [0.05, 0.1) is 6.04 Å². The number of carbonyl (C=O) groups is 3. The number of carboxylic acids is 1. The maximum atomic E-state index is 14.1. The number of benzene rings is 1. The van der Waals surface area contributed by atoms with Crippen molar-refractivity contribution < 1.29 is 19.5 Å². The van der Waals surface area contributed by atoms with Crippen LogP contribution in [0.2, 0.25) is 5.02 Å². The summed E-state index contributed by atoms with van der Waals surface area (Å²) in [6.45, 7) is 5.69. The molecule has 0 bridgehead atoms. The summed E-state index contributed by atoms with van der Waals surface area (Å²) < 4.78 is 0. The Morgan fingerprint density at radius 2 is 2.08 bits per heavy atom. The average Bonchev–Trinajstić information content (AvgIpc) is 3.10. The standard InChI is InChI=1S/C26H26Cl2N4O4/c1-3-14(2)24-26(18-8-7-17(28)10-20(18)29-25(26)36)19(15-5-4-6-16(27)9-15)11-21-30-32(13-23(34)35)22(33)12-31(21)24/h4-8,10,15,19,24H,2-3,9,11-13H2,1H3,(H,29,36)(H,34,35)/t15?,19-,24+,26-/m0/s1. The molecule has 3 heterocycles. The summed E-state index contributed by atoms with van der Waals surface area (Å²) >= 11 is 12.7. The molecule has 36 heavy (non-hydrogen) atoms. The van der Waals surface area contributed by atoms with Crippen LogP contribution in [0.15, 0.2) is 58.7 Å². The first kappa shape index (κ1) is 24.6. The zero-order valence-corrected chi connectivity index (χ0v) is 21.2. The van der Waals surface area contributed by atoms with Crippen LogP contribution in [0.4, 0.5) is 5.69 Å². The van der Waals surface area contributed by atoms with E-state index in [2.05, 4.69) is 23.1 Å². The van der Waals surface area contributed by atoms with Gasteiger partial charge in [0.15, 0.2) is 0 Å². The molecule has 188 valence electrons. The number of hydrogen-bond acceptors (Lipinski definition) is 5. The van der Waals surface area contributed by atoms with E-state index in [0.717, 1.165) is 16.1 Å². The van der Waals surface area contributed by atoms with Crippen LogP contribution in [0.3, 0.4) is 0 Å². The van der Waals surface area contributed by atoms with Crippen LogP contribution in [0, 0.1) is 11.8 Å². The lowest BCUT2D eigenvalue weighted by Crippen LogP contribution is -2.68. The van der Waals surface area contributed by atoms with Gasteiger partial charge in [0.25, 0.3) is 5.91 Å². The van der Waals surface area contributed by atoms with E-state index in [9.17, 15) is 19.5 Å². The minimum absolute atomic E-state index is 0.0956. The number of amidine groups is 1. The lowest BCUT2D eigenvalue weighted by molar-refractivity contribution is -0.146. The molecule has 2 amide bonds. The number of anilines is 1. The third kappa shape index (κ3) is 3.74. The Morgan fingerprint density at radius 1 is 1.31 bits per heavy atom. The molecule has 5 rings (SSSR count). The fourth-order valence-electron chi connectivity index (χ4n) is 6.16. The number of allylic oxidation sites excluding steroid dienone is 4. The summed E-state index contributed by atoms with van der Waals surface area (Å²) in [5.74, 6) is -1.59. The summed E-state index contributed by atoms with van der Waals surface area (Å²) in [6, 6.07) is 4.83. The Hall–Kier alpha value is -3.10. The Labute approximate surface area is 218 Å². The molecular formula is C26H26Cl2N4O4. The van der Waals surface area contributed by atoms with Crippen molar-refractivity contribution >= 4 is 52.5 Å². The first-order chi connectivity index (χ1) is 17.2. The van der Waals surface area contributed by atoms with E-state index in [1.165, 1.54) is 0 Å². The van der Waals surface area contributed by atoms with Crippen LogP contribution in [-0.2, 0) is 19.8 Å². The second kappa shape index (κ2) is 9.09. The molecule has 0 aromatic heterocycles. The predicted molar refractivity (Wildman–Crippen MR) is 138 cm³/mol. The third-order valence-electron chi connectivity index (χ3n) is 7.65. The lowest BCUT2D eigenvalue weighted by atomic mass is 9.56. The molecule has 1 saturated heterocycles. The summed E-state index contributed by atoms with van der Waals surface area (Å²) in [4.78, 5) is 40.3. The van der Waals surface area contributed by atoms with Gasteiger partial charge in [0.1, 0.15) is 24.3 Å². The van der Waals surface area contributed by atoms with Crippen LogP contribution in [0.5, 0.6) is 0 Å². The summed E-state index contributed by atoms with van der Waals surface area (Å²) in [6.07, 6.45) is 7.29. The molecule has 1 spiro atoms. The maximum Gasteiger partial charge on any atom is 0.325 e. The molecular weight excluding hydrogens is 503 g/mol. The molecule has 3 aliphatic heterocycles. The van der Waals surface area contributed by atoms with E-state index in [0.29, 0.717) is 40.8 Å². The number of rotatable bonds is 5. The van der Waals surface area contributed by atoms with Gasteiger partial charge >= 0.3 is 5.97 Å². The van der Waals surface area contributed by atoms with E-state index in [1.54, 1.807) is 12.1 Å². The molecule has 1 unspecified atom stereocenters. The number of amides is 2. The Morgan fingerprint density at radius 3 is 2.78 bits per heavy atom. The van der Waals surface area contributed by atoms with Gasteiger partial charge in [-0.05, 0) is 48.4 Å². The summed E-state index contributed by atoms with van der Waals surface area (Å²) in [5.41, 5.74) is 1.15. The SMILES string of the molecule is C=C(CC)[C@H]1N2CC(=O)N(CC(=O)O)N=C2C[C@@H](C2C=CC=C(Cl)C2)[C@]12C(=O)Nc1cc(Cl)ccc12. The topological polar surface area (TPSA) is 102 Å². The van der Waals surface area contributed by atoms with Gasteiger partial charge in [-0.25, -0.2) is 5.01 Å². The highest BCUT2D eigenvalue weighted by molar-refractivity contribution is 6.31. The van der Waals surface area contributed by atoms with Gasteiger partial charge in [0.2, 0.25) is 5.91 Å². The first-order valence-corrected chi connectivity index (χ1v) is 12.6. The molecule has 0 radical (unpaired) electrons. The van der Waals surface area contributed by atoms with E-state index in [1.807, 2.05) is 30.0 Å². The fraction of sp³-hybridized carbons (Fsp3) is 0.385. The maximum absolute atomic E-state index is 14.1. The van der Waals surface area contributed by atoms with Crippen molar-refractivity contribution in [2.45, 2.75) is 37.6 Å². The van der Waals surface area contributed by atoms with Crippen LogP contribution >= 0.6 is 23.2 Å². The Kier molecular flexibility index (Phi) is 6.21. The minimum atomic E-state index is -1.15. The normalized spacial score (nSPS) is 28.9. The summed E-state index contributed by atoms with van der Waals surface area (Å²) in [7, 11) is 0. The van der Waals surface area contributed by atoms with E-state index in [-0.39, 0.29) is 24.3 Å². The van der Waals surface area contributed by atoms with Crippen LogP contribution < -0.4 is 5.32 Å². The number of nitrogens with zero attached hydrogens (tertiary/aromatic N) is 3. The van der Waals surface area contributed by atoms with Crippen LogP contribution in [0.25, 0.3) is 0 Å². The smallest absolute Gasteiger partial charge is 0.325 e. The average molecular weight is 529 g/mol. The van der Waals surface area contributed by atoms with E-state index >= 15 is 0 Å². The van der Waals surface area contributed by atoms with Gasteiger partial charge in [0, 0.05) is 22.2 Å². The van der Waals surface area contributed by atoms with E-state index in [4.69, 9.17) is 23.2 Å². The van der Waals surface area contributed by atoms with E-state index < -0.39 is 29.9 Å². The summed E-state index contributed by atoms with van der Waals surface area (Å²) in [5, 5.41) is 19.0. The Balaban J connectivity index is 1.74. The van der Waals surface area contributed by atoms with Crippen LogP contribution in [-0.4, -0.2) is 57.8 Å². The zero-order chi connectivity index (χ0) is 25.8. The zero-order valence-electron chi connectivity index (χ0n) is 19.7. The monoisotopic (exact) mass is 528 g/mol. The predicted octanol–water partition coefficient (Wildman–Crippen LogP) is 4.13. The number of fused-ring (bicyclic) bond motifs is 3. The van der Waals surface area contributed by atoms with Crippen LogP contribution in [0.1, 0.15) is 31.7 Å². The van der Waals surface area contributed by atoms with Gasteiger partial charge in [-0.1, -0.05) is 60.5 Å². The van der Waals surface area contributed by atoms with Gasteiger partial charge in [-0.15, -0.1) is 0 Å². The number of hydrazone groups is 1. The molecule has 4 atom stereocenters. The fourth-order valence-corrected chi connectivity index (χ4v) is 6.58. The minimum Gasteiger partial charge on any atom is -0.480 e. The molecule has 2 N–H and O–H groups in total. The number of halogens is 2. The van der Waals surface area contributed by atoms with Crippen molar-refractivity contribution in [3.63, 3.8) is 0 Å². The third-order valence-corrected chi connectivity index (χ3v) is 8.17. The van der Waals surface area contributed by atoms with Gasteiger partial charge in [-0.3, -0.25) is 14.4 Å². The number of nitrogens with one attached hydrogen (secondary N) is 1. The molecule has 1 fully saturated rings. The van der Waals surface area contributed by atoms with Crippen molar-refractivity contribution in [2.24, 2.45) is 16.9 Å². The Bertz CT molecular complexity index is 1270.